The van der Waals surface area contributed by atoms with Gasteiger partial charge < -0.3 is 0 Å². The van der Waals surface area contributed by atoms with Gasteiger partial charge in [-0.05, 0) is 38.5 Å². The number of benzene rings is 1. The van der Waals surface area contributed by atoms with Crippen molar-refractivity contribution >= 4 is 16.8 Å². The van der Waals surface area contributed by atoms with Crippen molar-refractivity contribution in [3.8, 4) is 0 Å². The van der Waals surface area contributed by atoms with Gasteiger partial charge in [-0.15, -0.1) is 0 Å². The predicted octanol–water partition coefficient (Wildman–Crippen LogP) is 3.48. The number of ketones is 1. The highest BCUT2D eigenvalue weighted by atomic mass is 16.1. The summed E-state index contributed by atoms with van der Waals surface area (Å²) in [6.45, 7) is 7.86. The molecule has 1 unspecified atom stereocenters. The number of fused-ring (bicyclic) bond motifs is 1. The maximum Gasteiger partial charge on any atom is 0.165 e. The second-order valence-corrected chi connectivity index (χ2v) is 4.77. The number of hydrogen-bond acceptors (Lipinski definition) is 3. The summed E-state index contributed by atoms with van der Waals surface area (Å²) in [4.78, 5) is 21.1. The summed E-state index contributed by atoms with van der Waals surface area (Å²) in [6.07, 6.45) is 0.857. The Hall–Kier alpha value is -1.77. The second-order valence-electron chi connectivity index (χ2n) is 4.77. The molecule has 2 rings (SSSR count). The van der Waals surface area contributed by atoms with Crippen LogP contribution in [0, 0.1) is 19.8 Å². The quantitative estimate of drug-likeness (QED) is 0.774. The fraction of sp³-hybridized carbons (Fsp3) is 0.400. The van der Waals surface area contributed by atoms with Gasteiger partial charge in [0.2, 0.25) is 0 Å². The molecule has 0 aliphatic carbocycles. The monoisotopic (exact) mass is 242 g/mol. The van der Waals surface area contributed by atoms with Crippen LogP contribution in [0.3, 0.4) is 0 Å². The summed E-state index contributed by atoms with van der Waals surface area (Å²) in [5.41, 5.74) is 4.22. The van der Waals surface area contributed by atoms with Gasteiger partial charge in [0, 0.05) is 11.5 Å². The van der Waals surface area contributed by atoms with Crippen molar-refractivity contribution in [2.24, 2.45) is 5.92 Å². The molecule has 1 aromatic carbocycles. The number of carbonyl (C=O) groups is 1. The molecular formula is C15H18N2O. The van der Waals surface area contributed by atoms with Crippen molar-refractivity contribution in [2.45, 2.75) is 34.1 Å². The molecule has 3 nitrogen and oxygen atoms in total. The van der Waals surface area contributed by atoms with Crippen molar-refractivity contribution in [2.75, 3.05) is 0 Å². The molecule has 0 spiro atoms. The Morgan fingerprint density at radius 2 is 1.78 bits per heavy atom. The molecule has 1 heterocycles. The van der Waals surface area contributed by atoms with Crippen LogP contribution in [0.25, 0.3) is 11.0 Å². The highest BCUT2D eigenvalue weighted by Gasteiger charge is 2.14. The predicted molar refractivity (Wildman–Crippen MR) is 72.8 cm³/mol. The molecule has 0 aliphatic rings. The lowest BCUT2D eigenvalue weighted by atomic mass is 9.97. The lowest BCUT2D eigenvalue weighted by Gasteiger charge is -2.08. The minimum atomic E-state index is 0.0574. The van der Waals surface area contributed by atoms with Crippen LogP contribution < -0.4 is 0 Å². The molecule has 3 heteroatoms. The van der Waals surface area contributed by atoms with E-state index in [1.807, 2.05) is 45.9 Å². The maximum atomic E-state index is 12.1. The minimum absolute atomic E-state index is 0.0574. The Bertz CT molecular complexity index is 605. The van der Waals surface area contributed by atoms with E-state index in [0.717, 1.165) is 34.4 Å². The summed E-state index contributed by atoms with van der Waals surface area (Å²) in [6, 6.07) is 5.58. The van der Waals surface area contributed by atoms with Crippen molar-refractivity contribution in [3.05, 3.63) is 35.2 Å². The van der Waals surface area contributed by atoms with E-state index < -0.39 is 0 Å². The Balaban J connectivity index is 2.50. The molecule has 1 atom stereocenters. The van der Waals surface area contributed by atoms with E-state index in [0.29, 0.717) is 0 Å². The van der Waals surface area contributed by atoms with E-state index in [4.69, 9.17) is 0 Å². The molecule has 0 aliphatic heterocycles. The van der Waals surface area contributed by atoms with Gasteiger partial charge in [-0.3, -0.25) is 4.79 Å². The highest BCUT2D eigenvalue weighted by Crippen LogP contribution is 2.18. The van der Waals surface area contributed by atoms with E-state index in [9.17, 15) is 4.79 Å². The SMILES string of the molecule is CCC(C)C(=O)c1ccc2nc(C)c(C)nc2c1. The van der Waals surface area contributed by atoms with E-state index in [-0.39, 0.29) is 11.7 Å². The first-order chi connectivity index (χ1) is 8.52. The standard InChI is InChI=1S/C15H18N2O/c1-5-9(2)15(18)12-6-7-13-14(8-12)17-11(4)10(3)16-13/h6-9H,5H2,1-4H3. The first kappa shape index (κ1) is 12.7. The van der Waals surface area contributed by atoms with Gasteiger partial charge in [0.1, 0.15) is 0 Å². The number of hydrogen-bond donors (Lipinski definition) is 0. The van der Waals surface area contributed by atoms with Gasteiger partial charge in [0.05, 0.1) is 22.4 Å². The van der Waals surface area contributed by atoms with Crippen molar-refractivity contribution in [3.63, 3.8) is 0 Å². The number of aryl methyl sites for hydroxylation is 2. The van der Waals surface area contributed by atoms with Gasteiger partial charge in [-0.1, -0.05) is 13.8 Å². The highest BCUT2D eigenvalue weighted by molar-refractivity contribution is 6.00. The van der Waals surface area contributed by atoms with Crippen LogP contribution >= 0.6 is 0 Å². The Kier molecular flexibility index (Phi) is 3.41. The van der Waals surface area contributed by atoms with Gasteiger partial charge in [0.25, 0.3) is 0 Å². The molecular weight excluding hydrogens is 224 g/mol. The number of Topliss-reactive ketones (excluding diaryl/α,β-unsaturated/α-hetero) is 1. The molecule has 0 fully saturated rings. The normalized spacial score (nSPS) is 12.7. The van der Waals surface area contributed by atoms with E-state index >= 15 is 0 Å². The summed E-state index contributed by atoms with van der Waals surface area (Å²) in [5, 5.41) is 0. The zero-order valence-electron chi connectivity index (χ0n) is 11.3. The summed E-state index contributed by atoms with van der Waals surface area (Å²) < 4.78 is 0. The van der Waals surface area contributed by atoms with Crippen LogP contribution in [0.2, 0.25) is 0 Å². The third kappa shape index (κ3) is 2.26. The van der Waals surface area contributed by atoms with E-state index in [2.05, 4.69) is 9.97 Å². The summed E-state index contributed by atoms with van der Waals surface area (Å²) in [7, 11) is 0. The molecule has 0 N–H and O–H groups in total. The summed E-state index contributed by atoms with van der Waals surface area (Å²) in [5.74, 6) is 0.237. The first-order valence-electron chi connectivity index (χ1n) is 6.32. The minimum Gasteiger partial charge on any atom is -0.294 e. The molecule has 94 valence electrons. The molecule has 0 saturated heterocycles. The molecule has 0 saturated carbocycles. The third-order valence-corrected chi connectivity index (χ3v) is 3.42. The number of aromatic nitrogens is 2. The van der Waals surface area contributed by atoms with Crippen LogP contribution in [-0.4, -0.2) is 15.8 Å². The van der Waals surface area contributed by atoms with Crippen LogP contribution in [0.4, 0.5) is 0 Å². The van der Waals surface area contributed by atoms with Gasteiger partial charge in [-0.2, -0.15) is 0 Å². The molecule has 2 aromatic rings. The fourth-order valence-corrected chi connectivity index (χ4v) is 1.85. The van der Waals surface area contributed by atoms with Crippen molar-refractivity contribution in [1.29, 1.82) is 0 Å². The molecule has 0 radical (unpaired) electrons. The van der Waals surface area contributed by atoms with Gasteiger partial charge in [0.15, 0.2) is 5.78 Å². The first-order valence-corrected chi connectivity index (χ1v) is 6.32. The topological polar surface area (TPSA) is 42.9 Å². The van der Waals surface area contributed by atoms with Crippen molar-refractivity contribution < 1.29 is 4.79 Å². The lowest BCUT2D eigenvalue weighted by Crippen LogP contribution is -2.10. The molecule has 0 bridgehead atoms. The van der Waals surface area contributed by atoms with Crippen LogP contribution in [-0.2, 0) is 0 Å². The van der Waals surface area contributed by atoms with Crippen LogP contribution in [0.5, 0.6) is 0 Å². The average molecular weight is 242 g/mol. The molecule has 0 amide bonds. The zero-order valence-corrected chi connectivity index (χ0v) is 11.3. The lowest BCUT2D eigenvalue weighted by molar-refractivity contribution is 0.0927. The average Bonchev–Trinajstić information content (AvgIpc) is 2.37. The Morgan fingerprint density at radius 1 is 1.17 bits per heavy atom. The molecule has 1 aromatic heterocycles. The van der Waals surface area contributed by atoms with Crippen LogP contribution in [0.1, 0.15) is 42.0 Å². The smallest absolute Gasteiger partial charge is 0.165 e. The van der Waals surface area contributed by atoms with Crippen LogP contribution in [0.15, 0.2) is 18.2 Å². The van der Waals surface area contributed by atoms with E-state index in [1.54, 1.807) is 0 Å². The third-order valence-electron chi connectivity index (χ3n) is 3.42. The fourth-order valence-electron chi connectivity index (χ4n) is 1.85. The second kappa shape index (κ2) is 4.84. The number of nitrogens with zero attached hydrogens (tertiary/aromatic N) is 2. The maximum absolute atomic E-state index is 12.1. The largest absolute Gasteiger partial charge is 0.294 e. The number of rotatable bonds is 3. The summed E-state index contributed by atoms with van der Waals surface area (Å²) >= 11 is 0. The van der Waals surface area contributed by atoms with Gasteiger partial charge in [-0.25, -0.2) is 9.97 Å². The zero-order chi connectivity index (χ0) is 13.3. The van der Waals surface area contributed by atoms with E-state index in [1.165, 1.54) is 0 Å². The van der Waals surface area contributed by atoms with Crippen molar-refractivity contribution in [1.82, 2.24) is 9.97 Å². The number of carbonyl (C=O) groups excluding carboxylic acids is 1. The van der Waals surface area contributed by atoms with Gasteiger partial charge >= 0.3 is 0 Å². The molecule has 18 heavy (non-hydrogen) atoms. The Morgan fingerprint density at radius 3 is 2.39 bits per heavy atom. The Labute approximate surface area is 107 Å².